The van der Waals surface area contributed by atoms with Crippen molar-refractivity contribution in [3.05, 3.63) is 17.7 Å². The van der Waals surface area contributed by atoms with Gasteiger partial charge in [-0.05, 0) is 6.92 Å². The van der Waals surface area contributed by atoms with Crippen LogP contribution in [0.3, 0.4) is 0 Å². The number of imidazole rings is 1. The summed E-state index contributed by atoms with van der Waals surface area (Å²) in [5, 5.41) is 3.18. The highest BCUT2D eigenvalue weighted by atomic mass is 16.2. The fourth-order valence-electron chi connectivity index (χ4n) is 1.20. The predicted molar refractivity (Wildman–Crippen MR) is 58.3 cm³/mol. The second-order valence-electron chi connectivity index (χ2n) is 3.71. The van der Waals surface area contributed by atoms with Crippen molar-refractivity contribution in [2.24, 2.45) is 0 Å². The smallest absolute Gasteiger partial charge is 0.223 e. The Kier molecular flexibility index (Phi) is 4.30. The van der Waals surface area contributed by atoms with Crippen LogP contribution in [0.1, 0.15) is 17.9 Å². The van der Waals surface area contributed by atoms with E-state index in [4.69, 9.17) is 0 Å². The van der Waals surface area contributed by atoms with Crippen LogP contribution in [0, 0.1) is 6.92 Å². The molecule has 5 nitrogen and oxygen atoms in total. The van der Waals surface area contributed by atoms with Gasteiger partial charge in [-0.1, -0.05) is 0 Å². The number of nitrogens with one attached hydrogen (secondary N) is 2. The van der Waals surface area contributed by atoms with Crippen LogP contribution in [-0.4, -0.2) is 41.4 Å². The summed E-state index contributed by atoms with van der Waals surface area (Å²) < 4.78 is 0. The van der Waals surface area contributed by atoms with Crippen molar-refractivity contribution in [3.8, 4) is 0 Å². The maximum atomic E-state index is 11.2. The molecule has 1 aromatic rings. The molecule has 1 heterocycles. The largest absolute Gasteiger partial charge is 0.349 e. The van der Waals surface area contributed by atoms with Crippen LogP contribution in [-0.2, 0) is 11.3 Å². The van der Waals surface area contributed by atoms with Crippen molar-refractivity contribution in [1.82, 2.24) is 20.2 Å². The highest BCUT2D eigenvalue weighted by Crippen LogP contribution is 1.94. The summed E-state index contributed by atoms with van der Waals surface area (Å²) in [4.78, 5) is 20.0. The van der Waals surface area contributed by atoms with Gasteiger partial charge in [0.15, 0.2) is 0 Å². The SMILES string of the molecule is Cc1ncc(CNCCC(=O)N(C)C)[nH]1. The van der Waals surface area contributed by atoms with Crippen LogP contribution < -0.4 is 5.32 Å². The molecule has 0 aliphatic rings. The fraction of sp³-hybridized carbons (Fsp3) is 0.600. The number of hydrogen-bond donors (Lipinski definition) is 2. The lowest BCUT2D eigenvalue weighted by Gasteiger charge is -2.09. The van der Waals surface area contributed by atoms with Gasteiger partial charge < -0.3 is 15.2 Å². The van der Waals surface area contributed by atoms with Gasteiger partial charge in [0.25, 0.3) is 0 Å². The Morgan fingerprint density at radius 2 is 2.33 bits per heavy atom. The molecule has 0 fully saturated rings. The van der Waals surface area contributed by atoms with Gasteiger partial charge in [0.1, 0.15) is 5.82 Å². The van der Waals surface area contributed by atoms with Crippen molar-refractivity contribution < 1.29 is 4.79 Å². The van der Waals surface area contributed by atoms with Gasteiger partial charge in [-0.3, -0.25) is 4.79 Å². The monoisotopic (exact) mass is 210 g/mol. The van der Waals surface area contributed by atoms with Crippen LogP contribution in [0.15, 0.2) is 6.20 Å². The first-order valence-corrected chi connectivity index (χ1v) is 5.01. The van der Waals surface area contributed by atoms with E-state index in [0.29, 0.717) is 13.0 Å². The van der Waals surface area contributed by atoms with Gasteiger partial charge in [-0.15, -0.1) is 0 Å². The Morgan fingerprint density at radius 3 is 2.87 bits per heavy atom. The van der Waals surface area contributed by atoms with Gasteiger partial charge in [0.05, 0.1) is 0 Å². The molecule has 0 saturated carbocycles. The number of H-pyrrole nitrogens is 1. The van der Waals surface area contributed by atoms with Crippen molar-refractivity contribution >= 4 is 5.91 Å². The summed E-state index contributed by atoms with van der Waals surface area (Å²) in [6, 6.07) is 0. The van der Waals surface area contributed by atoms with Crippen molar-refractivity contribution in [3.63, 3.8) is 0 Å². The van der Waals surface area contributed by atoms with Gasteiger partial charge in [-0.2, -0.15) is 0 Å². The maximum absolute atomic E-state index is 11.2. The molecule has 0 aliphatic carbocycles. The minimum absolute atomic E-state index is 0.142. The third-order valence-electron chi connectivity index (χ3n) is 2.09. The van der Waals surface area contributed by atoms with E-state index < -0.39 is 0 Å². The zero-order valence-corrected chi connectivity index (χ0v) is 9.50. The summed E-state index contributed by atoms with van der Waals surface area (Å²) in [6.07, 6.45) is 2.33. The molecule has 2 N–H and O–H groups in total. The normalized spacial score (nSPS) is 10.3. The lowest BCUT2D eigenvalue weighted by atomic mass is 10.3. The fourth-order valence-corrected chi connectivity index (χ4v) is 1.20. The third kappa shape index (κ3) is 4.12. The summed E-state index contributed by atoms with van der Waals surface area (Å²) in [6.45, 7) is 3.33. The zero-order valence-electron chi connectivity index (χ0n) is 9.50. The Bertz CT molecular complexity index is 319. The van der Waals surface area contributed by atoms with E-state index in [2.05, 4.69) is 15.3 Å². The first-order chi connectivity index (χ1) is 7.09. The topological polar surface area (TPSA) is 61.0 Å². The van der Waals surface area contributed by atoms with Crippen LogP contribution in [0.2, 0.25) is 0 Å². The average molecular weight is 210 g/mol. The molecule has 0 unspecified atom stereocenters. The molecule has 0 atom stereocenters. The number of rotatable bonds is 5. The second kappa shape index (κ2) is 5.50. The highest BCUT2D eigenvalue weighted by molar-refractivity contribution is 5.75. The van der Waals surface area contributed by atoms with Crippen molar-refractivity contribution in [2.75, 3.05) is 20.6 Å². The Labute approximate surface area is 89.9 Å². The molecule has 5 heteroatoms. The second-order valence-corrected chi connectivity index (χ2v) is 3.71. The molecule has 1 rings (SSSR count). The van der Waals surface area contributed by atoms with Crippen LogP contribution >= 0.6 is 0 Å². The Hall–Kier alpha value is -1.36. The minimum atomic E-state index is 0.142. The molecular formula is C10H18N4O. The zero-order chi connectivity index (χ0) is 11.3. The number of carbonyl (C=O) groups excluding carboxylic acids is 1. The molecule has 0 spiro atoms. The number of nitrogens with zero attached hydrogens (tertiary/aromatic N) is 2. The molecule has 0 saturated heterocycles. The molecule has 0 aliphatic heterocycles. The van der Waals surface area contributed by atoms with E-state index in [9.17, 15) is 4.79 Å². The molecule has 15 heavy (non-hydrogen) atoms. The van der Waals surface area contributed by atoms with Gasteiger partial charge in [-0.25, -0.2) is 4.98 Å². The lowest BCUT2D eigenvalue weighted by Crippen LogP contribution is -2.26. The number of aryl methyl sites for hydroxylation is 1. The summed E-state index contributed by atoms with van der Waals surface area (Å²) in [7, 11) is 3.53. The van der Waals surface area contributed by atoms with Crippen LogP contribution in [0.25, 0.3) is 0 Å². The number of aromatic nitrogens is 2. The van der Waals surface area contributed by atoms with E-state index in [1.165, 1.54) is 0 Å². The van der Waals surface area contributed by atoms with Crippen molar-refractivity contribution in [2.45, 2.75) is 19.9 Å². The van der Waals surface area contributed by atoms with E-state index in [1.54, 1.807) is 25.2 Å². The predicted octanol–water partition coefficient (Wildman–Crippen LogP) is 0.286. The average Bonchev–Trinajstić information content (AvgIpc) is 2.58. The summed E-state index contributed by atoms with van der Waals surface area (Å²) >= 11 is 0. The molecular weight excluding hydrogens is 192 g/mol. The Balaban J connectivity index is 2.15. The minimum Gasteiger partial charge on any atom is -0.349 e. The molecule has 0 radical (unpaired) electrons. The van der Waals surface area contributed by atoms with E-state index in [0.717, 1.165) is 18.1 Å². The van der Waals surface area contributed by atoms with Crippen molar-refractivity contribution in [1.29, 1.82) is 0 Å². The third-order valence-corrected chi connectivity index (χ3v) is 2.09. The van der Waals surface area contributed by atoms with Gasteiger partial charge in [0, 0.05) is 45.5 Å². The maximum Gasteiger partial charge on any atom is 0.223 e. The number of carbonyl (C=O) groups is 1. The van der Waals surface area contributed by atoms with E-state index in [1.807, 2.05) is 6.92 Å². The molecule has 0 aromatic carbocycles. The molecule has 1 amide bonds. The van der Waals surface area contributed by atoms with Gasteiger partial charge in [0.2, 0.25) is 5.91 Å². The lowest BCUT2D eigenvalue weighted by molar-refractivity contribution is -0.128. The quantitative estimate of drug-likeness (QED) is 0.686. The number of aromatic amines is 1. The summed E-state index contributed by atoms with van der Waals surface area (Å²) in [5.41, 5.74) is 1.05. The molecule has 1 aromatic heterocycles. The standard InChI is InChI=1S/C10H18N4O/c1-8-12-7-9(13-8)6-11-5-4-10(15)14(2)3/h7,11H,4-6H2,1-3H3,(H,12,13). The summed E-state index contributed by atoms with van der Waals surface area (Å²) in [5.74, 6) is 1.06. The van der Waals surface area contributed by atoms with Crippen LogP contribution in [0.4, 0.5) is 0 Å². The highest BCUT2D eigenvalue weighted by Gasteiger charge is 2.02. The van der Waals surface area contributed by atoms with E-state index in [-0.39, 0.29) is 5.91 Å². The van der Waals surface area contributed by atoms with Crippen LogP contribution in [0.5, 0.6) is 0 Å². The Morgan fingerprint density at radius 1 is 1.60 bits per heavy atom. The first kappa shape index (κ1) is 11.7. The van der Waals surface area contributed by atoms with Gasteiger partial charge >= 0.3 is 0 Å². The number of amides is 1. The first-order valence-electron chi connectivity index (χ1n) is 5.01. The van der Waals surface area contributed by atoms with E-state index >= 15 is 0 Å². The molecule has 84 valence electrons. The number of hydrogen-bond acceptors (Lipinski definition) is 3. The molecule has 0 bridgehead atoms.